The lowest BCUT2D eigenvalue weighted by atomic mass is 9.76. The highest BCUT2D eigenvalue weighted by Crippen LogP contribution is 2.37. The van der Waals surface area contributed by atoms with Gasteiger partial charge in [-0.25, -0.2) is 5.01 Å². The van der Waals surface area contributed by atoms with Crippen molar-refractivity contribution in [1.29, 1.82) is 0 Å². The Kier molecular flexibility index (Phi) is 4.24. The van der Waals surface area contributed by atoms with Crippen LogP contribution in [-0.4, -0.2) is 56.3 Å². The van der Waals surface area contributed by atoms with Crippen molar-refractivity contribution in [2.75, 3.05) is 40.3 Å². The standard InChI is InChI=1S/C16H25N3O/c1-18-7-9-19(10-8-18)17-15-11-14(12-15)13-3-5-16(20-2)6-4-13/h3-6,14-15,17H,7-12H2,1-2H3. The van der Waals surface area contributed by atoms with E-state index in [1.165, 1.54) is 31.5 Å². The number of nitrogens with zero attached hydrogens (tertiary/aromatic N) is 2. The molecule has 20 heavy (non-hydrogen) atoms. The lowest BCUT2D eigenvalue weighted by molar-refractivity contribution is 0.0628. The second kappa shape index (κ2) is 6.12. The Bertz CT molecular complexity index is 420. The molecule has 0 bridgehead atoms. The molecule has 0 radical (unpaired) electrons. The zero-order chi connectivity index (χ0) is 13.9. The van der Waals surface area contributed by atoms with E-state index in [4.69, 9.17) is 4.74 Å². The number of rotatable bonds is 4. The van der Waals surface area contributed by atoms with Crippen molar-refractivity contribution in [1.82, 2.24) is 15.3 Å². The zero-order valence-corrected chi connectivity index (χ0v) is 12.5. The van der Waals surface area contributed by atoms with Crippen molar-refractivity contribution in [2.45, 2.75) is 24.8 Å². The maximum Gasteiger partial charge on any atom is 0.118 e. The van der Waals surface area contributed by atoms with Crippen molar-refractivity contribution in [2.24, 2.45) is 0 Å². The minimum Gasteiger partial charge on any atom is -0.497 e. The van der Waals surface area contributed by atoms with E-state index in [-0.39, 0.29) is 0 Å². The number of hydrazine groups is 1. The topological polar surface area (TPSA) is 27.7 Å². The van der Waals surface area contributed by atoms with Gasteiger partial charge in [-0.05, 0) is 43.5 Å². The van der Waals surface area contributed by atoms with Crippen LogP contribution < -0.4 is 10.2 Å². The van der Waals surface area contributed by atoms with Crippen LogP contribution in [0.15, 0.2) is 24.3 Å². The van der Waals surface area contributed by atoms with E-state index in [1.54, 1.807) is 7.11 Å². The smallest absolute Gasteiger partial charge is 0.118 e. The molecule has 1 heterocycles. The van der Waals surface area contributed by atoms with Gasteiger partial charge in [-0.15, -0.1) is 0 Å². The average molecular weight is 275 g/mol. The third-order valence-electron chi connectivity index (χ3n) is 4.59. The predicted octanol–water partition coefficient (Wildman–Crippen LogP) is 1.69. The van der Waals surface area contributed by atoms with Crippen LogP contribution in [0.4, 0.5) is 0 Å². The van der Waals surface area contributed by atoms with Gasteiger partial charge in [0.15, 0.2) is 0 Å². The summed E-state index contributed by atoms with van der Waals surface area (Å²) < 4.78 is 5.21. The Morgan fingerprint density at radius 3 is 2.30 bits per heavy atom. The van der Waals surface area contributed by atoms with Crippen LogP contribution in [0.25, 0.3) is 0 Å². The van der Waals surface area contributed by atoms with Crippen molar-refractivity contribution in [3.8, 4) is 5.75 Å². The van der Waals surface area contributed by atoms with Crippen LogP contribution in [-0.2, 0) is 0 Å². The molecule has 1 aliphatic carbocycles. The minimum atomic E-state index is 0.658. The fourth-order valence-electron chi connectivity index (χ4n) is 3.07. The molecular formula is C16H25N3O. The maximum atomic E-state index is 5.21. The molecule has 1 aliphatic heterocycles. The third-order valence-corrected chi connectivity index (χ3v) is 4.59. The Balaban J connectivity index is 1.44. The number of ether oxygens (including phenoxy) is 1. The number of hydrogen-bond donors (Lipinski definition) is 1. The number of likely N-dealkylation sites (N-methyl/N-ethyl adjacent to an activating group) is 1. The molecule has 1 saturated heterocycles. The van der Waals surface area contributed by atoms with Crippen molar-refractivity contribution < 1.29 is 4.74 Å². The molecular weight excluding hydrogens is 250 g/mol. The Morgan fingerprint density at radius 2 is 1.70 bits per heavy atom. The van der Waals surface area contributed by atoms with Crippen LogP contribution in [0.3, 0.4) is 0 Å². The first kappa shape index (κ1) is 13.9. The first-order chi connectivity index (χ1) is 9.74. The summed E-state index contributed by atoms with van der Waals surface area (Å²) in [6.45, 7) is 4.61. The van der Waals surface area contributed by atoms with Gasteiger partial charge in [0.25, 0.3) is 0 Å². The highest BCUT2D eigenvalue weighted by molar-refractivity contribution is 5.30. The van der Waals surface area contributed by atoms with E-state index < -0.39 is 0 Å². The molecule has 1 aromatic rings. The molecule has 0 spiro atoms. The molecule has 0 atom stereocenters. The van der Waals surface area contributed by atoms with E-state index in [0.29, 0.717) is 12.0 Å². The van der Waals surface area contributed by atoms with Crippen molar-refractivity contribution in [3.63, 3.8) is 0 Å². The Labute approximate surface area is 121 Å². The largest absolute Gasteiger partial charge is 0.497 e. The summed E-state index contributed by atoms with van der Waals surface area (Å²) in [5, 5.41) is 2.40. The summed E-state index contributed by atoms with van der Waals surface area (Å²) in [5.41, 5.74) is 5.13. The van der Waals surface area contributed by atoms with Crippen molar-refractivity contribution >= 4 is 0 Å². The van der Waals surface area contributed by atoms with Crippen LogP contribution in [0.5, 0.6) is 5.75 Å². The first-order valence-corrected chi connectivity index (χ1v) is 7.58. The molecule has 2 fully saturated rings. The van der Waals surface area contributed by atoms with Gasteiger partial charge in [0.1, 0.15) is 5.75 Å². The Morgan fingerprint density at radius 1 is 1.05 bits per heavy atom. The SMILES string of the molecule is COc1ccc(C2CC(NN3CCN(C)CC3)C2)cc1. The average Bonchev–Trinajstić information content (AvgIpc) is 2.45. The molecule has 110 valence electrons. The van der Waals surface area contributed by atoms with Crippen LogP contribution >= 0.6 is 0 Å². The predicted molar refractivity (Wildman–Crippen MR) is 81.0 cm³/mol. The number of nitrogens with one attached hydrogen (secondary N) is 1. The van der Waals surface area contributed by atoms with Gasteiger partial charge >= 0.3 is 0 Å². The van der Waals surface area contributed by atoms with Gasteiger partial charge < -0.3 is 9.64 Å². The molecule has 0 aromatic heterocycles. The van der Waals surface area contributed by atoms with E-state index in [9.17, 15) is 0 Å². The molecule has 1 N–H and O–H groups in total. The number of piperazine rings is 1. The lowest BCUT2D eigenvalue weighted by Gasteiger charge is -2.42. The Hall–Kier alpha value is -1.10. The van der Waals surface area contributed by atoms with E-state index in [0.717, 1.165) is 18.8 Å². The summed E-state index contributed by atoms with van der Waals surface area (Å²) in [6, 6.07) is 9.20. The molecule has 3 rings (SSSR count). The summed E-state index contributed by atoms with van der Waals surface area (Å²) in [7, 11) is 3.91. The fraction of sp³-hybridized carbons (Fsp3) is 0.625. The van der Waals surface area contributed by atoms with Crippen LogP contribution in [0, 0.1) is 0 Å². The highest BCUT2D eigenvalue weighted by atomic mass is 16.5. The summed E-state index contributed by atoms with van der Waals surface area (Å²) in [5.74, 6) is 1.66. The number of methoxy groups -OCH3 is 1. The third kappa shape index (κ3) is 3.14. The summed E-state index contributed by atoms with van der Waals surface area (Å²) >= 11 is 0. The molecule has 4 nitrogen and oxygen atoms in total. The number of benzene rings is 1. The van der Waals surface area contributed by atoms with Gasteiger partial charge in [-0.3, -0.25) is 5.43 Å². The second-order valence-corrected chi connectivity index (χ2v) is 6.06. The molecule has 1 aromatic carbocycles. The minimum absolute atomic E-state index is 0.658. The monoisotopic (exact) mass is 275 g/mol. The van der Waals surface area contributed by atoms with Gasteiger partial charge in [-0.1, -0.05) is 12.1 Å². The van der Waals surface area contributed by atoms with Crippen molar-refractivity contribution in [3.05, 3.63) is 29.8 Å². The quantitative estimate of drug-likeness (QED) is 0.905. The molecule has 2 aliphatic rings. The zero-order valence-electron chi connectivity index (χ0n) is 12.5. The second-order valence-electron chi connectivity index (χ2n) is 6.06. The first-order valence-electron chi connectivity index (χ1n) is 7.58. The molecule has 0 unspecified atom stereocenters. The van der Waals surface area contributed by atoms with Gasteiger partial charge in [0.2, 0.25) is 0 Å². The van der Waals surface area contributed by atoms with Gasteiger partial charge in [-0.2, -0.15) is 0 Å². The normalized spacial score (nSPS) is 28.1. The van der Waals surface area contributed by atoms with Gasteiger partial charge in [0.05, 0.1) is 7.11 Å². The molecule has 1 saturated carbocycles. The van der Waals surface area contributed by atoms with Gasteiger partial charge in [0, 0.05) is 32.2 Å². The number of hydrogen-bond acceptors (Lipinski definition) is 4. The van der Waals surface area contributed by atoms with E-state index >= 15 is 0 Å². The van der Waals surface area contributed by atoms with E-state index in [2.05, 4.69) is 46.6 Å². The molecule has 0 amide bonds. The summed E-state index contributed by atoms with van der Waals surface area (Å²) in [4.78, 5) is 2.39. The van der Waals surface area contributed by atoms with Crippen LogP contribution in [0.1, 0.15) is 24.3 Å². The summed E-state index contributed by atoms with van der Waals surface area (Å²) in [6.07, 6.45) is 2.50. The fourth-order valence-corrected chi connectivity index (χ4v) is 3.07. The lowest BCUT2D eigenvalue weighted by Crippen LogP contribution is -2.56. The van der Waals surface area contributed by atoms with E-state index in [1.807, 2.05) is 0 Å². The highest BCUT2D eigenvalue weighted by Gasteiger charge is 2.31. The maximum absolute atomic E-state index is 5.21. The molecule has 4 heteroatoms. The van der Waals surface area contributed by atoms with Crippen LogP contribution in [0.2, 0.25) is 0 Å².